The molecule has 0 saturated carbocycles. The number of quaternary nitrogens is 1. The summed E-state index contributed by atoms with van der Waals surface area (Å²) in [6.07, 6.45) is 2.51. The smallest absolute Gasteiger partial charge is 0.287 e. The van der Waals surface area contributed by atoms with Gasteiger partial charge in [0.25, 0.3) is 11.8 Å². The van der Waals surface area contributed by atoms with Crippen LogP contribution >= 0.6 is 0 Å². The fourth-order valence-electron chi connectivity index (χ4n) is 4.64. The van der Waals surface area contributed by atoms with E-state index < -0.39 is 5.82 Å². The van der Waals surface area contributed by atoms with Crippen molar-refractivity contribution >= 4 is 17.5 Å². The second-order valence-electron chi connectivity index (χ2n) is 8.17. The van der Waals surface area contributed by atoms with Crippen LogP contribution in [0.15, 0.2) is 48.5 Å². The molecular weight excluding hydrogens is 397 g/mol. The van der Waals surface area contributed by atoms with Crippen molar-refractivity contribution < 1.29 is 23.6 Å². The summed E-state index contributed by atoms with van der Waals surface area (Å²) in [4.78, 5) is 31.2. The van der Waals surface area contributed by atoms with E-state index in [0.29, 0.717) is 12.1 Å². The summed E-state index contributed by atoms with van der Waals surface area (Å²) in [6, 6.07) is 13.2. The number of nitrogens with zero attached hydrogens (tertiary/aromatic N) is 2. The largest absolute Gasteiger partial charge is 0.495 e. The second-order valence-corrected chi connectivity index (χ2v) is 8.17. The Morgan fingerprint density at radius 2 is 1.74 bits per heavy atom. The summed E-state index contributed by atoms with van der Waals surface area (Å²) in [5.74, 6) is 0.0260. The van der Waals surface area contributed by atoms with Crippen LogP contribution in [0, 0.1) is 5.82 Å². The number of carbonyl (C=O) groups is 2. The van der Waals surface area contributed by atoms with Crippen LogP contribution in [0.2, 0.25) is 0 Å². The Kier molecular flexibility index (Phi) is 6.51. The summed E-state index contributed by atoms with van der Waals surface area (Å²) in [5.41, 5.74) is 1.43. The summed E-state index contributed by atoms with van der Waals surface area (Å²) in [7, 11) is 1.68. The molecule has 0 aromatic heterocycles. The molecule has 2 amide bonds. The van der Waals surface area contributed by atoms with Gasteiger partial charge in [0.2, 0.25) is 0 Å². The maximum Gasteiger partial charge on any atom is 0.287 e. The number of hydrogen-bond acceptors (Lipinski definition) is 4. The molecule has 2 aromatic rings. The Morgan fingerprint density at radius 3 is 2.45 bits per heavy atom. The lowest BCUT2D eigenvalue weighted by Gasteiger charge is -2.37. The van der Waals surface area contributed by atoms with Crippen molar-refractivity contribution in [2.45, 2.75) is 25.3 Å². The van der Waals surface area contributed by atoms with Crippen LogP contribution < -0.4 is 14.5 Å². The van der Waals surface area contributed by atoms with Crippen molar-refractivity contribution in [3.63, 3.8) is 0 Å². The predicted octanol–water partition coefficient (Wildman–Crippen LogP) is 1.76. The van der Waals surface area contributed by atoms with Gasteiger partial charge in [-0.25, -0.2) is 4.39 Å². The highest BCUT2D eigenvalue weighted by atomic mass is 19.1. The number of ether oxygens (including phenoxy) is 1. The van der Waals surface area contributed by atoms with Crippen LogP contribution in [-0.2, 0) is 4.79 Å². The van der Waals surface area contributed by atoms with Crippen LogP contribution in [0.3, 0.4) is 0 Å². The summed E-state index contributed by atoms with van der Waals surface area (Å²) in [5, 5.41) is 0. The molecule has 2 aliphatic heterocycles. The van der Waals surface area contributed by atoms with Gasteiger partial charge in [-0.2, -0.15) is 0 Å². The van der Waals surface area contributed by atoms with Crippen molar-refractivity contribution in [1.82, 2.24) is 4.90 Å². The molecule has 7 heteroatoms. The molecule has 2 heterocycles. The lowest BCUT2D eigenvalue weighted by molar-refractivity contribution is -0.917. The Labute approximate surface area is 182 Å². The zero-order valence-electron chi connectivity index (χ0n) is 17.9. The van der Waals surface area contributed by atoms with E-state index in [1.165, 1.54) is 34.1 Å². The number of nitrogens with one attached hydrogen (secondary N) is 1. The molecule has 0 spiro atoms. The fourth-order valence-corrected chi connectivity index (χ4v) is 4.64. The first-order valence-corrected chi connectivity index (χ1v) is 10.9. The molecule has 0 aliphatic carbocycles. The zero-order chi connectivity index (χ0) is 21.8. The van der Waals surface area contributed by atoms with Gasteiger partial charge in [-0.3, -0.25) is 14.5 Å². The van der Waals surface area contributed by atoms with Crippen molar-refractivity contribution in [2.75, 3.05) is 44.7 Å². The molecule has 1 atom stereocenters. The van der Waals surface area contributed by atoms with Gasteiger partial charge >= 0.3 is 0 Å². The third-order valence-corrected chi connectivity index (χ3v) is 6.35. The number of piperazine rings is 1. The number of amides is 2. The first-order valence-electron chi connectivity index (χ1n) is 10.9. The third-order valence-electron chi connectivity index (χ3n) is 6.35. The number of para-hydroxylation sites is 2. The van der Waals surface area contributed by atoms with Crippen molar-refractivity contribution in [2.24, 2.45) is 0 Å². The molecule has 2 fully saturated rings. The number of carbonyl (C=O) groups excluding carboxylic acids is 2. The molecule has 0 radical (unpaired) electrons. The second kappa shape index (κ2) is 9.47. The molecule has 2 aromatic carbocycles. The zero-order valence-corrected chi connectivity index (χ0v) is 17.9. The van der Waals surface area contributed by atoms with Crippen LogP contribution in [0.25, 0.3) is 0 Å². The minimum atomic E-state index is -0.394. The highest BCUT2D eigenvalue weighted by Crippen LogP contribution is 2.27. The molecule has 4 rings (SSSR count). The Balaban J connectivity index is 1.45. The molecular formula is C24H29FN3O3+. The van der Waals surface area contributed by atoms with E-state index in [1.54, 1.807) is 7.11 Å². The SMILES string of the molecule is COc1ccccc1N1CC[NH+]([C@H]2CCCCN(C(=O)c3ccc(F)cc3)C2=O)CC1. The average molecular weight is 427 g/mol. The lowest BCUT2D eigenvalue weighted by atomic mass is 10.1. The third kappa shape index (κ3) is 4.56. The molecule has 1 N–H and O–H groups in total. The highest BCUT2D eigenvalue weighted by Gasteiger charge is 2.39. The minimum Gasteiger partial charge on any atom is -0.495 e. The maximum absolute atomic E-state index is 13.4. The number of halogens is 1. The molecule has 0 unspecified atom stereocenters. The van der Waals surface area contributed by atoms with Gasteiger partial charge < -0.3 is 14.5 Å². The van der Waals surface area contributed by atoms with E-state index in [0.717, 1.165) is 56.9 Å². The Hall–Kier alpha value is -2.93. The Bertz CT molecular complexity index is 926. The van der Waals surface area contributed by atoms with Gasteiger partial charge in [0.05, 0.1) is 39.0 Å². The van der Waals surface area contributed by atoms with Crippen LogP contribution in [0.4, 0.5) is 10.1 Å². The normalized spacial score (nSPS) is 20.5. The predicted molar refractivity (Wildman–Crippen MR) is 116 cm³/mol. The summed E-state index contributed by atoms with van der Waals surface area (Å²) < 4.78 is 18.7. The molecule has 164 valence electrons. The van der Waals surface area contributed by atoms with Crippen LogP contribution in [0.1, 0.15) is 29.6 Å². The number of imide groups is 1. The minimum absolute atomic E-state index is 0.104. The van der Waals surface area contributed by atoms with Gasteiger partial charge in [0.1, 0.15) is 11.6 Å². The highest BCUT2D eigenvalue weighted by molar-refractivity contribution is 6.05. The number of benzene rings is 2. The topological polar surface area (TPSA) is 54.3 Å². The van der Waals surface area contributed by atoms with Crippen LogP contribution in [-0.4, -0.2) is 62.6 Å². The molecule has 2 saturated heterocycles. The first kappa shape index (κ1) is 21.3. The standard InChI is InChI=1S/C24H28FN3O3/c1-31-22-8-3-2-6-20(22)26-14-16-27(17-15-26)21-7-4-5-13-28(24(21)30)23(29)18-9-11-19(25)12-10-18/h2-3,6,8-12,21H,4-5,7,13-17H2,1H3/p+1/t21-/m0/s1. The van der Waals surface area contributed by atoms with Crippen LogP contribution in [0.5, 0.6) is 5.75 Å². The maximum atomic E-state index is 13.4. The quantitative estimate of drug-likeness (QED) is 0.757. The van der Waals surface area contributed by atoms with Crippen molar-refractivity contribution in [3.05, 3.63) is 59.9 Å². The fraction of sp³-hybridized carbons (Fsp3) is 0.417. The number of anilines is 1. The average Bonchev–Trinajstić information content (AvgIpc) is 3.00. The van der Waals surface area contributed by atoms with Crippen molar-refractivity contribution in [1.29, 1.82) is 0 Å². The van der Waals surface area contributed by atoms with E-state index in [2.05, 4.69) is 11.0 Å². The van der Waals surface area contributed by atoms with E-state index in [1.807, 2.05) is 18.2 Å². The molecule has 0 bridgehead atoms. The van der Waals surface area contributed by atoms with Gasteiger partial charge in [-0.15, -0.1) is 0 Å². The van der Waals surface area contributed by atoms with E-state index in [9.17, 15) is 14.0 Å². The molecule has 6 nitrogen and oxygen atoms in total. The number of methoxy groups -OCH3 is 1. The lowest BCUT2D eigenvalue weighted by Crippen LogP contribution is -3.19. The van der Waals surface area contributed by atoms with E-state index in [4.69, 9.17) is 4.74 Å². The van der Waals surface area contributed by atoms with Gasteiger partial charge in [0, 0.05) is 18.5 Å². The molecule has 31 heavy (non-hydrogen) atoms. The Morgan fingerprint density at radius 1 is 1.03 bits per heavy atom. The first-order chi connectivity index (χ1) is 15.1. The summed E-state index contributed by atoms with van der Waals surface area (Å²) in [6.45, 7) is 3.73. The van der Waals surface area contributed by atoms with Crippen molar-refractivity contribution in [3.8, 4) is 5.75 Å². The van der Waals surface area contributed by atoms with E-state index in [-0.39, 0.29) is 17.9 Å². The number of hydrogen-bond donors (Lipinski definition) is 1. The van der Waals surface area contributed by atoms with Gasteiger partial charge in [0.15, 0.2) is 6.04 Å². The van der Waals surface area contributed by atoms with Gasteiger partial charge in [-0.1, -0.05) is 12.1 Å². The monoisotopic (exact) mass is 426 g/mol. The number of likely N-dealkylation sites (tertiary alicyclic amines) is 1. The molecule has 2 aliphatic rings. The summed E-state index contributed by atoms with van der Waals surface area (Å²) >= 11 is 0. The van der Waals surface area contributed by atoms with E-state index >= 15 is 0 Å². The van der Waals surface area contributed by atoms with Gasteiger partial charge in [-0.05, 0) is 49.2 Å². The number of rotatable bonds is 4.